The van der Waals surface area contributed by atoms with Crippen LogP contribution in [0.2, 0.25) is 0 Å². The molecule has 1 aliphatic rings. The zero-order valence-corrected chi connectivity index (χ0v) is 26.3. The highest BCUT2D eigenvalue weighted by atomic mass is 16.6. The Morgan fingerprint density at radius 2 is 0.761 bits per heavy atom. The van der Waals surface area contributed by atoms with Crippen LogP contribution in [0.4, 0.5) is 0 Å². The second-order valence-electron chi connectivity index (χ2n) is 11.1. The molecule has 0 saturated heterocycles. The smallest absolute Gasteiger partial charge is 0.311 e. The summed E-state index contributed by atoms with van der Waals surface area (Å²) in [6.07, 6.45) is 2.33. The first-order valence-corrected chi connectivity index (χ1v) is 15.6. The lowest BCUT2D eigenvalue weighted by Crippen LogP contribution is -2.16. The topological polar surface area (TPSA) is 146 Å². The van der Waals surface area contributed by atoms with Gasteiger partial charge in [-0.15, -0.1) is 0 Å². The molecule has 0 saturated carbocycles. The van der Waals surface area contributed by atoms with Crippen molar-refractivity contribution >= 4 is 45.4 Å². The summed E-state index contributed by atoms with van der Waals surface area (Å²) in [4.78, 5) is 52.1. The average molecular weight is 629 g/mol. The van der Waals surface area contributed by atoms with Crippen LogP contribution < -0.4 is 18.9 Å². The maximum Gasteiger partial charge on any atom is 0.311 e. The third-order valence-corrected chi connectivity index (χ3v) is 7.62. The van der Waals surface area contributed by atoms with E-state index in [9.17, 15) is 29.4 Å². The van der Waals surface area contributed by atoms with Gasteiger partial charge in [0.05, 0.1) is 10.8 Å². The van der Waals surface area contributed by atoms with Crippen LogP contribution in [0, 0.1) is 20.9 Å². The predicted molar refractivity (Wildman–Crippen MR) is 169 cm³/mol. The van der Waals surface area contributed by atoms with Crippen LogP contribution in [0.15, 0.2) is 36.4 Å². The Hall–Kier alpha value is -5.12. The molecular formula is C36H36O10. The second-order valence-corrected chi connectivity index (χ2v) is 11.1. The SMILES string of the molecule is CCCC(=O)Oc1c2c(c(OC(=O)CCC)c3c(O)cccc13)=c1c(OC(=O)CCC)c3c(O)cccc3c(OC(=O)CCC)c1=2. The van der Waals surface area contributed by atoms with Crippen molar-refractivity contribution in [2.75, 3.05) is 0 Å². The Kier molecular flexibility index (Phi) is 9.46. The van der Waals surface area contributed by atoms with Crippen molar-refractivity contribution in [3.8, 4) is 34.5 Å². The third-order valence-electron chi connectivity index (χ3n) is 7.62. The Morgan fingerprint density at radius 3 is 1.07 bits per heavy atom. The number of benzene rings is 4. The number of aromatic hydroxyl groups is 2. The minimum absolute atomic E-state index is 0.0438. The van der Waals surface area contributed by atoms with Gasteiger partial charge in [0, 0.05) is 57.3 Å². The Balaban J connectivity index is 2.09. The molecule has 0 unspecified atom stereocenters. The summed E-state index contributed by atoms with van der Waals surface area (Å²) in [5.74, 6) is -2.72. The van der Waals surface area contributed by atoms with Crippen molar-refractivity contribution in [3.05, 3.63) is 57.3 Å². The molecule has 5 rings (SSSR count). The Labute approximate surface area is 264 Å². The number of fused-ring (bicyclic) bond motifs is 4. The molecular weight excluding hydrogens is 592 g/mol. The van der Waals surface area contributed by atoms with Gasteiger partial charge in [0.25, 0.3) is 0 Å². The standard InChI is InChI=1S/C36H36O10/c1-5-11-23(39)43-33-19-15-9-17-21(37)27(19)35(45-25(41)13-7-3)31-29(33)30-32(31)36(46-26(42)14-8-4)28-20(16-10-18-22(28)38)34(30)44-24(40)12-6-2/h9-10,15-18,37-38H,5-8,11-14H2,1-4H3. The first-order valence-electron chi connectivity index (χ1n) is 15.6. The molecule has 1 aliphatic carbocycles. The lowest BCUT2D eigenvalue weighted by Gasteiger charge is -2.23. The van der Waals surface area contributed by atoms with E-state index in [1.807, 2.05) is 27.7 Å². The first kappa shape index (κ1) is 32.3. The van der Waals surface area contributed by atoms with Crippen LogP contribution in [0.1, 0.15) is 79.1 Å². The van der Waals surface area contributed by atoms with E-state index in [-0.39, 0.29) is 103 Å². The summed E-state index contributed by atoms with van der Waals surface area (Å²) in [6.45, 7) is 7.29. The minimum atomic E-state index is -0.582. The molecule has 10 heteroatoms. The number of hydrogen-bond acceptors (Lipinski definition) is 10. The highest BCUT2D eigenvalue weighted by molar-refractivity contribution is 6.04. The van der Waals surface area contributed by atoms with Crippen LogP contribution in [0.5, 0.6) is 34.5 Å². The van der Waals surface area contributed by atoms with E-state index < -0.39 is 23.9 Å². The number of esters is 4. The summed E-state index contributed by atoms with van der Waals surface area (Å²) in [5.41, 5.74) is 0. The van der Waals surface area contributed by atoms with Gasteiger partial charge in [-0.3, -0.25) is 19.2 Å². The number of rotatable bonds is 12. The summed E-state index contributed by atoms with van der Waals surface area (Å²) in [7, 11) is 0. The van der Waals surface area contributed by atoms with Crippen molar-refractivity contribution in [1.29, 1.82) is 0 Å². The fraction of sp³-hybridized carbons (Fsp3) is 0.333. The molecule has 2 N–H and O–H groups in total. The van der Waals surface area contributed by atoms with Gasteiger partial charge < -0.3 is 29.2 Å². The van der Waals surface area contributed by atoms with Crippen molar-refractivity contribution in [2.24, 2.45) is 0 Å². The average Bonchev–Trinajstić information content (AvgIpc) is 2.98. The molecule has 240 valence electrons. The van der Waals surface area contributed by atoms with Gasteiger partial charge in [-0.2, -0.15) is 0 Å². The zero-order chi connectivity index (χ0) is 33.1. The van der Waals surface area contributed by atoms with E-state index in [1.165, 1.54) is 12.1 Å². The maximum atomic E-state index is 13.0. The van der Waals surface area contributed by atoms with Crippen molar-refractivity contribution in [2.45, 2.75) is 79.1 Å². The molecule has 10 nitrogen and oxygen atoms in total. The first-order chi connectivity index (χ1) is 22.2. The Bertz CT molecular complexity index is 1950. The molecule has 0 radical (unpaired) electrons. The van der Waals surface area contributed by atoms with E-state index in [0.29, 0.717) is 25.7 Å². The molecule has 0 aliphatic heterocycles. The predicted octanol–water partition coefficient (Wildman–Crippen LogP) is 7.11. The molecule has 0 heterocycles. The molecule has 0 bridgehead atoms. The largest absolute Gasteiger partial charge is 0.507 e. The van der Waals surface area contributed by atoms with Gasteiger partial charge in [-0.25, -0.2) is 0 Å². The summed E-state index contributed by atoms with van der Waals surface area (Å²) in [5, 5.41) is 24.0. The number of carbonyl (C=O) groups is 4. The van der Waals surface area contributed by atoms with E-state index >= 15 is 0 Å². The van der Waals surface area contributed by atoms with Gasteiger partial charge in [-0.05, 0) is 37.8 Å². The number of hydrogen-bond donors (Lipinski definition) is 2. The molecule has 4 aromatic rings. The van der Waals surface area contributed by atoms with Crippen LogP contribution in [-0.2, 0) is 19.2 Å². The monoisotopic (exact) mass is 628 g/mol. The van der Waals surface area contributed by atoms with E-state index in [0.717, 1.165) is 0 Å². The zero-order valence-electron chi connectivity index (χ0n) is 26.3. The van der Waals surface area contributed by atoms with Crippen molar-refractivity contribution in [3.63, 3.8) is 0 Å². The second kappa shape index (κ2) is 13.5. The molecule has 4 aromatic carbocycles. The fourth-order valence-corrected chi connectivity index (χ4v) is 5.69. The molecule has 0 atom stereocenters. The van der Waals surface area contributed by atoms with Gasteiger partial charge in [-0.1, -0.05) is 52.0 Å². The summed E-state index contributed by atoms with van der Waals surface area (Å²) < 4.78 is 23.8. The van der Waals surface area contributed by atoms with E-state index in [2.05, 4.69) is 0 Å². The molecule has 0 spiro atoms. The molecule has 0 fully saturated rings. The molecule has 0 aromatic heterocycles. The normalized spacial score (nSPS) is 11.4. The highest BCUT2D eigenvalue weighted by Crippen LogP contribution is 2.50. The van der Waals surface area contributed by atoms with Crippen LogP contribution in [0.3, 0.4) is 0 Å². The van der Waals surface area contributed by atoms with Gasteiger partial charge in [0.1, 0.15) is 23.0 Å². The van der Waals surface area contributed by atoms with Gasteiger partial charge in [0.2, 0.25) is 0 Å². The number of phenolic OH excluding ortho intramolecular Hbond substituents is 2. The van der Waals surface area contributed by atoms with Crippen LogP contribution in [-0.4, -0.2) is 34.1 Å². The summed E-state index contributed by atoms with van der Waals surface area (Å²) >= 11 is 0. The summed E-state index contributed by atoms with van der Waals surface area (Å²) in [6, 6.07) is 9.20. The third kappa shape index (κ3) is 5.71. The number of carbonyl (C=O) groups excluding carboxylic acids is 4. The highest BCUT2D eigenvalue weighted by Gasteiger charge is 2.31. The Morgan fingerprint density at radius 1 is 0.478 bits per heavy atom. The van der Waals surface area contributed by atoms with E-state index in [4.69, 9.17) is 18.9 Å². The number of phenols is 2. The van der Waals surface area contributed by atoms with Crippen LogP contribution >= 0.6 is 0 Å². The van der Waals surface area contributed by atoms with Crippen molar-refractivity contribution in [1.82, 2.24) is 0 Å². The quantitative estimate of drug-likeness (QED) is 0.108. The minimum Gasteiger partial charge on any atom is -0.507 e. The number of ether oxygens (including phenoxy) is 4. The molecule has 0 amide bonds. The lowest BCUT2D eigenvalue weighted by molar-refractivity contribution is -0.135. The van der Waals surface area contributed by atoms with Crippen LogP contribution in [0.25, 0.3) is 21.5 Å². The lowest BCUT2D eigenvalue weighted by atomic mass is 9.90. The van der Waals surface area contributed by atoms with Gasteiger partial charge in [0.15, 0.2) is 11.5 Å². The maximum absolute atomic E-state index is 13.0. The van der Waals surface area contributed by atoms with Crippen molar-refractivity contribution < 1.29 is 48.3 Å². The van der Waals surface area contributed by atoms with Gasteiger partial charge >= 0.3 is 23.9 Å². The molecule has 46 heavy (non-hydrogen) atoms. The van der Waals surface area contributed by atoms with E-state index in [1.54, 1.807) is 24.3 Å². The fourth-order valence-electron chi connectivity index (χ4n) is 5.69.